The number of hydrogen-bond donors (Lipinski definition) is 1. The maximum atomic E-state index is 11.3. The molecule has 0 radical (unpaired) electrons. The largest absolute Gasteiger partial charge is 0.466 e. The molecule has 0 aliphatic carbocycles. The van der Waals surface area contributed by atoms with Crippen LogP contribution in [-0.2, 0) is 19.1 Å². The van der Waals surface area contributed by atoms with Crippen molar-refractivity contribution in [3.63, 3.8) is 0 Å². The molecular formula is C11H20O5. The van der Waals surface area contributed by atoms with Crippen molar-refractivity contribution in [1.29, 1.82) is 0 Å². The van der Waals surface area contributed by atoms with Crippen molar-refractivity contribution in [1.82, 2.24) is 0 Å². The summed E-state index contributed by atoms with van der Waals surface area (Å²) in [5.41, 5.74) is -0.583. The minimum absolute atomic E-state index is 0.187. The van der Waals surface area contributed by atoms with Crippen LogP contribution in [-0.4, -0.2) is 35.4 Å². The van der Waals surface area contributed by atoms with Crippen molar-refractivity contribution >= 4 is 11.9 Å². The Morgan fingerprint density at radius 2 is 1.69 bits per heavy atom. The summed E-state index contributed by atoms with van der Waals surface area (Å²) in [4.78, 5) is 22.3. The molecule has 0 heterocycles. The maximum absolute atomic E-state index is 11.3. The van der Waals surface area contributed by atoms with E-state index in [1.807, 2.05) is 0 Å². The average molecular weight is 232 g/mol. The van der Waals surface area contributed by atoms with Crippen LogP contribution >= 0.6 is 0 Å². The van der Waals surface area contributed by atoms with Gasteiger partial charge in [0.15, 0.2) is 0 Å². The van der Waals surface area contributed by atoms with E-state index in [1.165, 1.54) is 0 Å². The molecule has 0 saturated heterocycles. The molecule has 0 rings (SSSR count). The van der Waals surface area contributed by atoms with Crippen LogP contribution < -0.4 is 0 Å². The Morgan fingerprint density at radius 3 is 2.12 bits per heavy atom. The number of aliphatic hydroxyl groups excluding tert-OH is 1. The highest BCUT2D eigenvalue weighted by molar-refractivity contribution is 5.73. The van der Waals surface area contributed by atoms with Crippen molar-refractivity contribution in [2.75, 3.05) is 6.61 Å². The molecule has 1 unspecified atom stereocenters. The zero-order valence-corrected chi connectivity index (χ0v) is 10.3. The molecule has 0 fully saturated rings. The topological polar surface area (TPSA) is 72.8 Å². The van der Waals surface area contributed by atoms with Crippen molar-refractivity contribution in [2.24, 2.45) is 0 Å². The van der Waals surface area contributed by atoms with Gasteiger partial charge in [-0.15, -0.1) is 0 Å². The van der Waals surface area contributed by atoms with Crippen molar-refractivity contribution in [3.8, 4) is 0 Å². The summed E-state index contributed by atoms with van der Waals surface area (Å²) < 4.78 is 9.64. The zero-order chi connectivity index (χ0) is 12.8. The minimum atomic E-state index is -1.05. The molecule has 94 valence electrons. The Bertz CT molecular complexity index is 241. The summed E-state index contributed by atoms with van der Waals surface area (Å²) in [6.45, 7) is 7.16. The van der Waals surface area contributed by atoms with Crippen molar-refractivity contribution in [3.05, 3.63) is 0 Å². The second-order valence-corrected chi connectivity index (χ2v) is 4.45. The first-order valence-corrected chi connectivity index (χ1v) is 5.30. The second-order valence-electron chi connectivity index (χ2n) is 4.45. The summed E-state index contributed by atoms with van der Waals surface area (Å²) in [5.74, 6) is -1.04. The number of ether oxygens (including phenoxy) is 2. The van der Waals surface area contributed by atoms with E-state index in [-0.39, 0.29) is 19.4 Å². The summed E-state index contributed by atoms with van der Waals surface area (Å²) in [7, 11) is 0. The van der Waals surface area contributed by atoms with Gasteiger partial charge >= 0.3 is 11.9 Å². The van der Waals surface area contributed by atoms with Gasteiger partial charge in [0.2, 0.25) is 0 Å². The molecular weight excluding hydrogens is 212 g/mol. The lowest BCUT2D eigenvalue weighted by Crippen LogP contribution is -2.27. The van der Waals surface area contributed by atoms with Gasteiger partial charge in [-0.3, -0.25) is 9.59 Å². The van der Waals surface area contributed by atoms with E-state index in [0.717, 1.165) is 0 Å². The molecule has 0 bridgehead atoms. The van der Waals surface area contributed by atoms with E-state index in [0.29, 0.717) is 0 Å². The Hall–Kier alpha value is -1.10. The highest BCUT2D eigenvalue weighted by Gasteiger charge is 2.21. The highest BCUT2D eigenvalue weighted by atomic mass is 16.6. The first-order valence-electron chi connectivity index (χ1n) is 5.30. The molecule has 0 aromatic heterocycles. The molecule has 5 heteroatoms. The zero-order valence-electron chi connectivity index (χ0n) is 10.3. The number of carbonyl (C=O) groups is 2. The number of rotatable bonds is 5. The Morgan fingerprint density at radius 1 is 1.19 bits per heavy atom. The summed E-state index contributed by atoms with van der Waals surface area (Å²) >= 11 is 0. The monoisotopic (exact) mass is 232 g/mol. The van der Waals surface area contributed by atoms with Crippen LogP contribution in [0, 0.1) is 0 Å². The first kappa shape index (κ1) is 14.9. The third-order valence-electron chi connectivity index (χ3n) is 1.53. The Kier molecular flexibility index (Phi) is 6.03. The normalized spacial score (nSPS) is 13.1. The molecule has 0 saturated carbocycles. The smallest absolute Gasteiger partial charge is 0.308 e. The molecule has 0 aliphatic heterocycles. The van der Waals surface area contributed by atoms with Crippen LogP contribution in [0.25, 0.3) is 0 Å². The van der Waals surface area contributed by atoms with Crippen LogP contribution in [0.3, 0.4) is 0 Å². The SMILES string of the molecule is CCOC(=O)CC(O)CC(=O)OC(C)(C)C. The van der Waals surface area contributed by atoms with Crippen LogP contribution in [0.15, 0.2) is 0 Å². The molecule has 5 nitrogen and oxygen atoms in total. The van der Waals surface area contributed by atoms with Gasteiger partial charge in [-0.05, 0) is 27.7 Å². The van der Waals surface area contributed by atoms with E-state index in [1.54, 1.807) is 27.7 Å². The van der Waals surface area contributed by atoms with E-state index < -0.39 is 23.6 Å². The van der Waals surface area contributed by atoms with Crippen LogP contribution in [0.4, 0.5) is 0 Å². The fourth-order valence-corrected chi connectivity index (χ4v) is 1.06. The van der Waals surface area contributed by atoms with Crippen molar-refractivity contribution in [2.45, 2.75) is 52.2 Å². The van der Waals surface area contributed by atoms with E-state index in [9.17, 15) is 14.7 Å². The molecule has 0 aromatic carbocycles. The lowest BCUT2D eigenvalue weighted by molar-refractivity contribution is -0.157. The summed E-state index contributed by atoms with van der Waals surface area (Å²) in [6.07, 6.45) is -1.43. The van der Waals surface area contributed by atoms with Gasteiger partial charge < -0.3 is 14.6 Å². The molecule has 1 N–H and O–H groups in total. The molecule has 1 atom stereocenters. The maximum Gasteiger partial charge on any atom is 0.308 e. The Balaban J connectivity index is 3.91. The van der Waals surface area contributed by atoms with Gasteiger partial charge in [-0.2, -0.15) is 0 Å². The lowest BCUT2D eigenvalue weighted by atomic mass is 10.1. The average Bonchev–Trinajstić information content (AvgIpc) is 1.98. The third kappa shape index (κ3) is 8.23. The highest BCUT2D eigenvalue weighted by Crippen LogP contribution is 2.10. The summed E-state index contributed by atoms with van der Waals surface area (Å²) in [6, 6.07) is 0. The molecule has 0 aliphatic rings. The molecule has 0 aromatic rings. The lowest BCUT2D eigenvalue weighted by Gasteiger charge is -2.20. The number of carbonyl (C=O) groups excluding carboxylic acids is 2. The number of esters is 2. The van der Waals surface area contributed by atoms with Gasteiger partial charge in [-0.1, -0.05) is 0 Å². The van der Waals surface area contributed by atoms with Crippen LogP contribution in [0.1, 0.15) is 40.5 Å². The molecule has 16 heavy (non-hydrogen) atoms. The summed E-state index contributed by atoms with van der Waals surface area (Å²) in [5, 5.41) is 9.41. The molecule has 0 amide bonds. The number of hydrogen-bond acceptors (Lipinski definition) is 5. The van der Waals surface area contributed by atoms with Gasteiger partial charge in [0, 0.05) is 0 Å². The van der Waals surface area contributed by atoms with Gasteiger partial charge in [0.25, 0.3) is 0 Å². The van der Waals surface area contributed by atoms with Gasteiger partial charge in [0.05, 0.1) is 25.6 Å². The second kappa shape index (κ2) is 6.48. The first-order chi connectivity index (χ1) is 7.24. The van der Waals surface area contributed by atoms with Crippen molar-refractivity contribution < 1.29 is 24.2 Å². The molecule has 0 spiro atoms. The van der Waals surface area contributed by atoms with E-state index >= 15 is 0 Å². The van der Waals surface area contributed by atoms with Crippen LogP contribution in [0.2, 0.25) is 0 Å². The van der Waals surface area contributed by atoms with Gasteiger partial charge in [-0.25, -0.2) is 0 Å². The minimum Gasteiger partial charge on any atom is -0.466 e. The predicted octanol–water partition coefficient (Wildman–Crippen LogP) is 1.03. The number of aliphatic hydroxyl groups is 1. The van der Waals surface area contributed by atoms with E-state index in [4.69, 9.17) is 4.74 Å². The predicted molar refractivity (Wildman–Crippen MR) is 57.7 cm³/mol. The third-order valence-corrected chi connectivity index (χ3v) is 1.53. The Labute approximate surface area is 95.7 Å². The van der Waals surface area contributed by atoms with Gasteiger partial charge in [0.1, 0.15) is 5.60 Å². The van der Waals surface area contributed by atoms with E-state index in [2.05, 4.69) is 4.74 Å². The quantitative estimate of drug-likeness (QED) is 0.717. The fraction of sp³-hybridized carbons (Fsp3) is 0.818. The fourth-order valence-electron chi connectivity index (χ4n) is 1.06. The van der Waals surface area contributed by atoms with Crippen LogP contribution in [0.5, 0.6) is 0 Å². The standard InChI is InChI=1S/C11H20O5/c1-5-15-9(13)6-8(12)7-10(14)16-11(2,3)4/h8,12H,5-7H2,1-4H3.